The van der Waals surface area contributed by atoms with E-state index in [0.717, 1.165) is 0 Å². The SMILES string of the molecule is COc1ccccc1C(C)(F)C(C)C(=O)O. The Hall–Kier alpha value is -1.58. The van der Waals surface area contributed by atoms with Gasteiger partial charge < -0.3 is 9.84 Å². The van der Waals surface area contributed by atoms with Gasteiger partial charge in [-0.25, -0.2) is 4.39 Å². The highest BCUT2D eigenvalue weighted by Crippen LogP contribution is 2.38. The Bertz CT molecular complexity index is 388. The number of carboxylic acid groups (broad SMARTS) is 1. The number of carboxylic acids is 1. The smallest absolute Gasteiger partial charge is 0.309 e. The van der Waals surface area contributed by atoms with Crippen molar-refractivity contribution in [2.75, 3.05) is 7.11 Å². The number of carbonyl (C=O) groups is 1. The van der Waals surface area contributed by atoms with E-state index in [0.29, 0.717) is 5.75 Å². The summed E-state index contributed by atoms with van der Waals surface area (Å²) in [6.07, 6.45) is 0. The highest BCUT2D eigenvalue weighted by molar-refractivity contribution is 5.71. The van der Waals surface area contributed by atoms with Gasteiger partial charge in [-0.05, 0) is 19.9 Å². The second kappa shape index (κ2) is 4.51. The minimum atomic E-state index is -1.96. The molecule has 4 heteroatoms. The maximum atomic E-state index is 14.5. The average molecular weight is 226 g/mol. The van der Waals surface area contributed by atoms with Crippen molar-refractivity contribution in [3.63, 3.8) is 0 Å². The molecule has 0 amide bonds. The third-order valence-corrected chi connectivity index (χ3v) is 2.82. The number of ether oxygens (including phenoxy) is 1. The van der Waals surface area contributed by atoms with Crippen molar-refractivity contribution in [1.82, 2.24) is 0 Å². The van der Waals surface area contributed by atoms with Gasteiger partial charge in [0.05, 0.1) is 13.0 Å². The van der Waals surface area contributed by atoms with E-state index in [9.17, 15) is 9.18 Å². The van der Waals surface area contributed by atoms with E-state index in [2.05, 4.69) is 0 Å². The van der Waals surface area contributed by atoms with E-state index >= 15 is 0 Å². The quantitative estimate of drug-likeness (QED) is 0.858. The molecule has 2 unspecified atom stereocenters. The van der Waals surface area contributed by atoms with Crippen LogP contribution in [0.5, 0.6) is 5.75 Å². The molecule has 1 aromatic rings. The predicted molar refractivity (Wildman–Crippen MR) is 58.3 cm³/mol. The molecule has 88 valence electrons. The van der Waals surface area contributed by atoms with Crippen LogP contribution in [0.1, 0.15) is 19.4 Å². The molecule has 1 aromatic carbocycles. The van der Waals surface area contributed by atoms with Gasteiger partial charge in [-0.3, -0.25) is 4.79 Å². The summed E-state index contributed by atoms with van der Waals surface area (Å²) in [4.78, 5) is 10.8. The second-order valence-electron chi connectivity index (χ2n) is 3.84. The van der Waals surface area contributed by atoms with E-state index in [-0.39, 0.29) is 5.56 Å². The fraction of sp³-hybridized carbons (Fsp3) is 0.417. The number of alkyl halides is 1. The van der Waals surface area contributed by atoms with Gasteiger partial charge in [0, 0.05) is 5.56 Å². The lowest BCUT2D eigenvalue weighted by atomic mass is 9.85. The summed E-state index contributed by atoms with van der Waals surface area (Å²) >= 11 is 0. The van der Waals surface area contributed by atoms with Gasteiger partial charge in [0.25, 0.3) is 0 Å². The van der Waals surface area contributed by atoms with Crippen molar-refractivity contribution in [3.8, 4) is 5.75 Å². The van der Waals surface area contributed by atoms with Crippen LogP contribution in [0, 0.1) is 5.92 Å². The van der Waals surface area contributed by atoms with Crippen molar-refractivity contribution >= 4 is 5.97 Å². The Morgan fingerprint density at radius 3 is 2.56 bits per heavy atom. The van der Waals surface area contributed by atoms with Crippen molar-refractivity contribution in [2.45, 2.75) is 19.5 Å². The fourth-order valence-corrected chi connectivity index (χ4v) is 1.51. The lowest BCUT2D eigenvalue weighted by Gasteiger charge is -2.26. The van der Waals surface area contributed by atoms with Crippen molar-refractivity contribution in [2.24, 2.45) is 5.92 Å². The molecule has 0 aliphatic heterocycles. The Balaban J connectivity index is 3.20. The molecule has 2 atom stereocenters. The molecule has 0 heterocycles. The molecular weight excluding hydrogens is 211 g/mol. The van der Waals surface area contributed by atoms with Gasteiger partial charge >= 0.3 is 5.97 Å². The number of rotatable bonds is 4. The highest BCUT2D eigenvalue weighted by atomic mass is 19.1. The summed E-state index contributed by atoms with van der Waals surface area (Å²) in [5.74, 6) is -1.94. The van der Waals surface area contributed by atoms with Crippen LogP contribution in [0.2, 0.25) is 0 Å². The monoisotopic (exact) mass is 226 g/mol. The minimum Gasteiger partial charge on any atom is -0.496 e. The molecule has 0 radical (unpaired) electrons. The second-order valence-corrected chi connectivity index (χ2v) is 3.84. The highest BCUT2D eigenvalue weighted by Gasteiger charge is 2.39. The standard InChI is InChI=1S/C12H15FO3/c1-8(11(14)15)12(2,13)9-6-4-5-7-10(9)16-3/h4-8H,1-3H3,(H,14,15). The number of benzene rings is 1. The van der Waals surface area contributed by atoms with E-state index in [4.69, 9.17) is 9.84 Å². The third kappa shape index (κ3) is 2.15. The van der Waals surface area contributed by atoms with Crippen LogP contribution in [0.3, 0.4) is 0 Å². The van der Waals surface area contributed by atoms with E-state index < -0.39 is 17.6 Å². The maximum Gasteiger partial charge on any atom is 0.309 e. The first-order valence-electron chi connectivity index (χ1n) is 4.96. The Labute approximate surface area is 93.9 Å². The largest absolute Gasteiger partial charge is 0.496 e. The Kier molecular flexibility index (Phi) is 3.52. The third-order valence-electron chi connectivity index (χ3n) is 2.82. The molecule has 0 aromatic heterocycles. The summed E-state index contributed by atoms with van der Waals surface area (Å²) in [6.45, 7) is 2.60. The number of hydrogen-bond acceptors (Lipinski definition) is 2. The molecule has 0 fully saturated rings. The Morgan fingerprint density at radius 2 is 2.06 bits per heavy atom. The zero-order chi connectivity index (χ0) is 12.3. The van der Waals surface area contributed by atoms with Crippen LogP contribution < -0.4 is 4.74 Å². The van der Waals surface area contributed by atoms with Crippen molar-refractivity contribution in [3.05, 3.63) is 29.8 Å². The van der Waals surface area contributed by atoms with Gasteiger partial charge in [-0.15, -0.1) is 0 Å². The normalized spacial score (nSPS) is 16.2. The van der Waals surface area contributed by atoms with Crippen LogP contribution >= 0.6 is 0 Å². The van der Waals surface area contributed by atoms with E-state index in [1.54, 1.807) is 18.2 Å². The van der Waals surface area contributed by atoms with E-state index in [1.165, 1.54) is 27.0 Å². The van der Waals surface area contributed by atoms with Crippen LogP contribution in [-0.4, -0.2) is 18.2 Å². The first kappa shape index (κ1) is 12.5. The van der Waals surface area contributed by atoms with Gasteiger partial charge in [0.15, 0.2) is 0 Å². The van der Waals surface area contributed by atoms with Crippen LogP contribution in [0.15, 0.2) is 24.3 Å². The summed E-state index contributed by atoms with van der Waals surface area (Å²) in [6, 6.07) is 6.52. The van der Waals surface area contributed by atoms with E-state index in [1.807, 2.05) is 0 Å². The fourth-order valence-electron chi connectivity index (χ4n) is 1.51. The summed E-state index contributed by atoms with van der Waals surface area (Å²) in [5, 5.41) is 8.86. The number of para-hydroxylation sites is 1. The summed E-state index contributed by atoms with van der Waals surface area (Å²) < 4.78 is 19.5. The van der Waals surface area contributed by atoms with Crippen molar-refractivity contribution < 1.29 is 19.0 Å². The molecule has 1 N–H and O–H groups in total. The number of hydrogen-bond donors (Lipinski definition) is 1. The van der Waals surface area contributed by atoms with Crippen LogP contribution in [0.25, 0.3) is 0 Å². The molecule has 1 rings (SSSR count). The molecule has 0 aliphatic carbocycles. The first-order chi connectivity index (χ1) is 7.41. The van der Waals surface area contributed by atoms with Gasteiger partial charge in [-0.2, -0.15) is 0 Å². The number of methoxy groups -OCH3 is 1. The molecule has 3 nitrogen and oxygen atoms in total. The zero-order valence-corrected chi connectivity index (χ0v) is 9.53. The molecule has 0 saturated heterocycles. The molecular formula is C12H15FO3. The zero-order valence-electron chi connectivity index (χ0n) is 9.53. The molecule has 0 saturated carbocycles. The number of aliphatic carboxylic acids is 1. The minimum absolute atomic E-state index is 0.257. The maximum absolute atomic E-state index is 14.5. The predicted octanol–water partition coefficient (Wildman–Crippen LogP) is 2.60. The summed E-state index contributed by atoms with van der Waals surface area (Å²) in [5.41, 5.74) is -1.70. The summed E-state index contributed by atoms with van der Waals surface area (Å²) in [7, 11) is 1.43. The Morgan fingerprint density at radius 1 is 1.50 bits per heavy atom. The van der Waals surface area contributed by atoms with Gasteiger partial charge in [-0.1, -0.05) is 18.2 Å². The lowest BCUT2D eigenvalue weighted by Crippen LogP contribution is -2.31. The van der Waals surface area contributed by atoms with Gasteiger partial charge in [0.1, 0.15) is 11.4 Å². The average Bonchev–Trinajstić information content (AvgIpc) is 2.27. The molecule has 0 bridgehead atoms. The molecule has 0 spiro atoms. The first-order valence-corrected chi connectivity index (χ1v) is 4.96. The van der Waals surface area contributed by atoms with Crippen LogP contribution in [-0.2, 0) is 10.5 Å². The number of halogens is 1. The van der Waals surface area contributed by atoms with Crippen LogP contribution in [0.4, 0.5) is 4.39 Å². The van der Waals surface area contributed by atoms with Crippen molar-refractivity contribution in [1.29, 1.82) is 0 Å². The molecule has 16 heavy (non-hydrogen) atoms. The topological polar surface area (TPSA) is 46.5 Å². The lowest BCUT2D eigenvalue weighted by molar-refractivity contribution is -0.146. The van der Waals surface area contributed by atoms with Gasteiger partial charge in [0.2, 0.25) is 0 Å². The molecule has 0 aliphatic rings.